The van der Waals surface area contributed by atoms with Crippen LogP contribution in [0.15, 0.2) is 41.4 Å². The van der Waals surface area contributed by atoms with E-state index in [-0.39, 0.29) is 12.0 Å². The second-order valence-electron chi connectivity index (χ2n) is 6.13. The highest BCUT2D eigenvalue weighted by Crippen LogP contribution is 2.22. The predicted molar refractivity (Wildman–Crippen MR) is 90.3 cm³/mol. The number of carbonyl (C=O) groups is 1. The summed E-state index contributed by atoms with van der Waals surface area (Å²) in [6.45, 7) is 8.91. The van der Waals surface area contributed by atoms with Gasteiger partial charge in [0, 0.05) is 18.5 Å². The van der Waals surface area contributed by atoms with Gasteiger partial charge in [-0.25, -0.2) is 0 Å². The number of ether oxygens (including phenoxy) is 1. The Kier molecular flexibility index (Phi) is 4.81. The molecule has 0 aliphatic carbocycles. The summed E-state index contributed by atoms with van der Waals surface area (Å²) < 4.78 is 11.1. The van der Waals surface area contributed by atoms with Gasteiger partial charge in [0.25, 0.3) is 0 Å². The molecule has 1 aromatic carbocycles. The molecular formula is C19H22N2O3. The molecule has 1 aliphatic rings. The van der Waals surface area contributed by atoms with Crippen molar-refractivity contribution in [2.75, 3.05) is 6.54 Å². The van der Waals surface area contributed by atoms with Crippen molar-refractivity contribution in [2.45, 2.75) is 39.5 Å². The minimum atomic E-state index is -0.113. The molecule has 1 atom stereocenters. The fourth-order valence-corrected chi connectivity index (χ4v) is 3.05. The molecule has 5 nitrogen and oxygen atoms in total. The first kappa shape index (κ1) is 16.5. The number of hydrogen-bond acceptors (Lipinski definition) is 4. The molecule has 1 amide bonds. The van der Waals surface area contributed by atoms with Crippen LogP contribution in [-0.2, 0) is 29.1 Å². The van der Waals surface area contributed by atoms with Crippen LogP contribution in [0, 0.1) is 13.8 Å². The standard InChI is InChI=1S/C19H22N2O3/c1-4-19(22)21(11-18-13(2)20-24-14(18)3)10-17-9-15-7-5-6-8-16(15)12-23-17/h4-8,17H,1,9-12H2,2-3H3/t17-/m0/s1. The molecule has 0 saturated heterocycles. The number of nitrogens with zero attached hydrogens (tertiary/aromatic N) is 2. The van der Waals surface area contributed by atoms with E-state index in [4.69, 9.17) is 9.26 Å². The molecule has 2 aromatic rings. The molecule has 0 radical (unpaired) electrons. The molecule has 0 bridgehead atoms. The van der Waals surface area contributed by atoms with Crippen molar-refractivity contribution >= 4 is 5.91 Å². The highest BCUT2D eigenvalue weighted by atomic mass is 16.5. The monoisotopic (exact) mass is 326 g/mol. The van der Waals surface area contributed by atoms with E-state index in [0.29, 0.717) is 19.7 Å². The highest BCUT2D eigenvalue weighted by Gasteiger charge is 2.24. The zero-order chi connectivity index (χ0) is 17.1. The van der Waals surface area contributed by atoms with Gasteiger partial charge < -0.3 is 14.2 Å². The Morgan fingerprint density at radius 1 is 1.38 bits per heavy atom. The third-order valence-corrected chi connectivity index (χ3v) is 4.48. The van der Waals surface area contributed by atoms with Crippen molar-refractivity contribution in [2.24, 2.45) is 0 Å². The van der Waals surface area contributed by atoms with Gasteiger partial charge in [0.2, 0.25) is 5.91 Å². The molecule has 0 spiro atoms. The van der Waals surface area contributed by atoms with Gasteiger partial charge in [0.15, 0.2) is 0 Å². The summed E-state index contributed by atoms with van der Waals surface area (Å²) in [5.74, 6) is 0.627. The molecule has 5 heteroatoms. The number of aromatic nitrogens is 1. The van der Waals surface area contributed by atoms with Crippen molar-refractivity contribution in [3.8, 4) is 0 Å². The first-order valence-electron chi connectivity index (χ1n) is 8.10. The van der Waals surface area contributed by atoms with Crippen LogP contribution in [0.4, 0.5) is 0 Å². The Labute approximate surface area is 141 Å². The number of aryl methyl sites for hydroxylation is 2. The second-order valence-corrected chi connectivity index (χ2v) is 6.13. The van der Waals surface area contributed by atoms with Crippen molar-refractivity contribution in [1.82, 2.24) is 10.1 Å². The maximum Gasteiger partial charge on any atom is 0.246 e. The van der Waals surface area contributed by atoms with E-state index in [0.717, 1.165) is 23.4 Å². The van der Waals surface area contributed by atoms with Gasteiger partial charge in [-0.15, -0.1) is 0 Å². The third kappa shape index (κ3) is 3.41. The lowest BCUT2D eigenvalue weighted by atomic mass is 9.99. The van der Waals surface area contributed by atoms with Gasteiger partial charge in [-0.3, -0.25) is 4.79 Å². The van der Waals surface area contributed by atoms with E-state index < -0.39 is 0 Å². The topological polar surface area (TPSA) is 55.6 Å². The normalized spacial score (nSPS) is 16.5. The molecule has 0 saturated carbocycles. The Morgan fingerprint density at radius 2 is 2.12 bits per heavy atom. The van der Waals surface area contributed by atoms with Crippen LogP contribution < -0.4 is 0 Å². The van der Waals surface area contributed by atoms with E-state index in [1.54, 1.807) is 4.90 Å². The summed E-state index contributed by atoms with van der Waals surface area (Å²) >= 11 is 0. The average molecular weight is 326 g/mol. The zero-order valence-electron chi connectivity index (χ0n) is 14.1. The molecule has 1 aliphatic heterocycles. The molecule has 126 valence electrons. The molecule has 2 heterocycles. The number of benzene rings is 1. The average Bonchev–Trinajstić information content (AvgIpc) is 2.92. The summed E-state index contributed by atoms with van der Waals surface area (Å²) in [7, 11) is 0. The smallest absolute Gasteiger partial charge is 0.246 e. The van der Waals surface area contributed by atoms with Crippen LogP contribution in [-0.4, -0.2) is 28.6 Å². The third-order valence-electron chi connectivity index (χ3n) is 4.48. The molecular weight excluding hydrogens is 304 g/mol. The van der Waals surface area contributed by atoms with Gasteiger partial charge >= 0.3 is 0 Å². The van der Waals surface area contributed by atoms with Crippen LogP contribution in [0.1, 0.15) is 28.1 Å². The van der Waals surface area contributed by atoms with Crippen molar-refractivity contribution in [3.05, 3.63) is 65.1 Å². The molecule has 0 fully saturated rings. The number of rotatable bonds is 5. The Hall–Kier alpha value is -2.40. The molecule has 1 aromatic heterocycles. The van der Waals surface area contributed by atoms with Crippen LogP contribution >= 0.6 is 0 Å². The summed E-state index contributed by atoms with van der Waals surface area (Å²) in [4.78, 5) is 14.0. The van der Waals surface area contributed by atoms with E-state index in [1.165, 1.54) is 17.2 Å². The lowest BCUT2D eigenvalue weighted by Crippen LogP contribution is -2.39. The van der Waals surface area contributed by atoms with E-state index in [2.05, 4.69) is 23.9 Å². The van der Waals surface area contributed by atoms with Crippen LogP contribution in [0.2, 0.25) is 0 Å². The fourth-order valence-electron chi connectivity index (χ4n) is 3.05. The van der Waals surface area contributed by atoms with Crippen molar-refractivity contribution < 1.29 is 14.1 Å². The highest BCUT2D eigenvalue weighted by molar-refractivity contribution is 5.87. The van der Waals surface area contributed by atoms with Gasteiger partial charge in [-0.1, -0.05) is 36.0 Å². The Bertz CT molecular complexity index is 731. The maximum absolute atomic E-state index is 12.3. The van der Waals surface area contributed by atoms with E-state index in [1.807, 2.05) is 26.0 Å². The minimum absolute atomic E-state index is 0.0238. The van der Waals surface area contributed by atoms with Crippen molar-refractivity contribution in [3.63, 3.8) is 0 Å². The number of carbonyl (C=O) groups excluding carboxylic acids is 1. The zero-order valence-corrected chi connectivity index (χ0v) is 14.1. The fraction of sp³-hybridized carbons (Fsp3) is 0.368. The van der Waals surface area contributed by atoms with E-state index >= 15 is 0 Å². The lowest BCUT2D eigenvalue weighted by molar-refractivity contribution is -0.129. The first-order chi connectivity index (χ1) is 11.6. The minimum Gasteiger partial charge on any atom is -0.371 e. The number of amides is 1. The largest absolute Gasteiger partial charge is 0.371 e. The summed E-state index contributed by atoms with van der Waals surface area (Å²) in [5, 5.41) is 3.96. The molecule has 0 N–H and O–H groups in total. The van der Waals surface area contributed by atoms with Gasteiger partial charge in [0.1, 0.15) is 5.76 Å². The summed E-state index contributed by atoms with van der Waals surface area (Å²) in [5.41, 5.74) is 4.27. The predicted octanol–water partition coefficient (Wildman–Crippen LogP) is 2.95. The quantitative estimate of drug-likeness (QED) is 0.793. The van der Waals surface area contributed by atoms with Gasteiger partial charge in [-0.05, 0) is 31.1 Å². The molecule has 24 heavy (non-hydrogen) atoms. The second kappa shape index (κ2) is 7.01. The first-order valence-corrected chi connectivity index (χ1v) is 8.10. The van der Waals surface area contributed by atoms with Crippen molar-refractivity contribution in [1.29, 1.82) is 0 Å². The number of fused-ring (bicyclic) bond motifs is 1. The van der Waals surface area contributed by atoms with E-state index in [9.17, 15) is 4.79 Å². The van der Waals surface area contributed by atoms with Crippen LogP contribution in [0.5, 0.6) is 0 Å². The number of hydrogen-bond donors (Lipinski definition) is 0. The SMILES string of the molecule is C=CC(=O)N(Cc1c(C)noc1C)C[C@@H]1Cc2ccccc2CO1. The molecule has 3 rings (SSSR count). The summed E-state index contributed by atoms with van der Waals surface area (Å²) in [6.07, 6.45) is 2.12. The molecule has 0 unspecified atom stereocenters. The van der Waals surface area contributed by atoms with Gasteiger partial charge in [0.05, 0.1) is 24.9 Å². The summed E-state index contributed by atoms with van der Waals surface area (Å²) in [6, 6.07) is 8.27. The Morgan fingerprint density at radius 3 is 2.79 bits per heavy atom. The lowest BCUT2D eigenvalue weighted by Gasteiger charge is -2.30. The van der Waals surface area contributed by atoms with Crippen LogP contribution in [0.25, 0.3) is 0 Å². The Balaban J connectivity index is 1.74. The van der Waals surface area contributed by atoms with Crippen LogP contribution in [0.3, 0.4) is 0 Å². The van der Waals surface area contributed by atoms with Gasteiger partial charge in [-0.2, -0.15) is 0 Å². The maximum atomic E-state index is 12.3.